The molecule has 0 saturated heterocycles. The summed E-state index contributed by atoms with van der Waals surface area (Å²) in [5.41, 5.74) is 2.68. The smallest absolute Gasteiger partial charge is 0.193 e. The van der Waals surface area contributed by atoms with Crippen molar-refractivity contribution in [1.29, 1.82) is 0 Å². The Morgan fingerprint density at radius 2 is 1.95 bits per heavy atom. The van der Waals surface area contributed by atoms with Gasteiger partial charge in [0.25, 0.3) is 0 Å². The van der Waals surface area contributed by atoms with Gasteiger partial charge in [0.1, 0.15) is 0 Å². The standard InChI is InChI=1S/C18H29N3O/c1-4-15-5-7-16(8-6-15)13-21(3)18(19-2)20-11-12-22-14-17-9-10-17/h5-8,17H,4,9-14H2,1-3H3,(H,19,20). The van der Waals surface area contributed by atoms with E-state index in [0.29, 0.717) is 0 Å². The summed E-state index contributed by atoms with van der Waals surface area (Å²) in [6.07, 6.45) is 3.77. The highest BCUT2D eigenvalue weighted by Gasteiger charge is 2.20. The van der Waals surface area contributed by atoms with Crippen LogP contribution in [0.1, 0.15) is 30.9 Å². The molecule has 0 aliphatic heterocycles. The van der Waals surface area contributed by atoms with E-state index in [2.05, 4.69) is 53.4 Å². The zero-order valence-corrected chi connectivity index (χ0v) is 14.1. The molecule has 1 aromatic rings. The van der Waals surface area contributed by atoms with Gasteiger partial charge < -0.3 is 15.0 Å². The largest absolute Gasteiger partial charge is 0.379 e. The first-order chi connectivity index (χ1) is 10.7. The molecule has 22 heavy (non-hydrogen) atoms. The van der Waals surface area contributed by atoms with Gasteiger partial charge in [-0.05, 0) is 36.3 Å². The van der Waals surface area contributed by atoms with Crippen molar-refractivity contribution in [1.82, 2.24) is 10.2 Å². The number of aliphatic imine (C=N–C) groups is 1. The predicted molar refractivity (Wildman–Crippen MR) is 92.2 cm³/mol. The molecule has 0 heterocycles. The molecule has 0 aromatic heterocycles. The van der Waals surface area contributed by atoms with Crippen molar-refractivity contribution >= 4 is 5.96 Å². The summed E-state index contributed by atoms with van der Waals surface area (Å²) in [6.45, 7) is 5.50. The van der Waals surface area contributed by atoms with Crippen molar-refractivity contribution in [3.05, 3.63) is 35.4 Å². The predicted octanol–water partition coefficient (Wildman–Crippen LogP) is 2.68. The zero-order chi connectivity index (χ0) is 15.8. The van der Waals surface area contributed by atoms with E-state index < -0.39 is 0 Å². The van der Waals surface area contributed by atoms with Crippen LogP contribution in [0, 0.1) is 5.92 Å². The number of hydrogen-bond acceptors (Lipinski definition) is 2. The van der Waals surface area contributed by atoms with Crippen LogP contribution in [0.4, 0.5) is 0 Å². The number of rotatable bonds is 8. The minimum atomic E-state index is 0.745. The highest BCUT2D eigenvalue weighted by molar-refractivity contribution is 5.79. The summed E-state index contributed by atoms with van der Waals surface area (Å²) in [5.74, 6) is 1.74. The fraction of sp³-hybridized carbons (Fsp3) is 0.611. The van der Waals surface area contributed by atoms with Crippen molar-refractivity contribution in [3.63, 3.8) is 0 Å². The van der Waals surface area contributed by atoms with Crippen LogP contribution >= 0.6 is 0 Å². The van der Waals surface area contributed by atoms with Crippen LogP contribution in [0.2, 0.25) is 0 Å². The van der Waals surface area contributed by atoms with Crippen LogP contribution < -0.4 is 5.32 Å². The highest BCUT2D eigenvalue weighted by Crippen LogP contribution is 2.28. The van der Waals surface area contributed by atoms with E-state index in [1.165, 1.54) is 24.0 Å². The maximum absolute atomic E-state index is 5.64. The first-order valence-corrected chi connectivity index (χ1v) is 8.30. The maximum Gasteiger partial charge on any atom is 0.193 e. The van der Waals surface area contributed by atoms with E-state index in [4.69, 9.17) is 4.74 Å². The van der Waals surface area contributed by atoms with E-state index >= 15 is 0 Å². The molecule has 1 fully saturated rings. The summed E-state index contributed by atoms with van der Waals surface area (Å²) in [7, 11) is 3.89. The summed E-state index contributed by atoms with van der Waals surface area (Å²) in [4.78, 5) is 6.48. The number of ether oxygens (including phenoxy) is 1. The molecule has 4 heteroatoms. The average molecular weight is 303 g/mol. The quantitative estimate of drug-likeness (QED) is 0.456. The lowest BCUT2D eigenvalue weighted by molar-refractivity contribution is 0.128. The van der Waals surface area contributed by atoms with Crippen molar-refractivity contribution in [2.24, 2.45) is 10.9 Å². The second-order valence-electron chi connectivity index (χ2n) is 6.02. The molecule has 1 N–H and O–H groups in total. The SMILES string of the molecule is CCc1ccc(CN(C)C(=NC)NCCOCC2CC2)cc1. The molecule has 0 unspecified atom stereocenters. The Hall–Kier alpha value is -1.55. The average Bonchev–Trinajstić information content (AvgIpc) is 3.35. The molecule has 1 saturated carbocycles. The van der Waals surface area contributed by atoms with Gasteiger partial charge in [-0.25, -0.2) is 0 Å². The number of hydrogen-bond donors (Lipinski definition) is 1. The van der Waals surface area contributed by atoms with E-state index in [1.54, 1.807) is 0 Å². The number of nitrogens with one attached hydrogen (secondary N) is 1. The fourth-order valence-electron chi connectivity index (χ4n) is 2.38. The zero-order valence-electron chi connectivity index (χ0n) is 14.1. The van der Waals surface area contributed by atoms with Gasteiger partial charge in [0.2, 0.25) is 0 Å². The van der Waals surface area contributed by atoms with Crippen LogP contribution in [-0.4, -0.2) is 44.7 Å². The van der Waals surface area contributed by atoms with Crippen LogP contribution in [0.15, 0.2) is 29.3 Å². The molecule has 4 nitrogen and oxygen atoms in total. The molecule has 0 radical (unpaired) electrons. The molecule has 2 rings (SSSR count). The Kier molecular flexibility index (Phi) is 6.72. The molecule has 0 atom stereocenters. The van der Waals surface area contributed by atoms with Gasteiger partial charge in [-0.15, -0.1) is 0 Å². The lowest BCUT2D eigenvalue weighted by Crippen LogP contribution is -2.40. The van der Waals surface area contributed by atoms with E-state index in [-0.39, 0.29) is 0 Å². The Balaban J connectivity index is 1.71. The van der Waals surface area contributed by atoms with Gasteiger partial charge in [-0.1, -0.05) is 31.2 Å². The Morgan fingerprint density at radius 3 is 2.55 bits per heavy atom. The normalized spacial score (nSPS) is 15.0. The highest BCUT2D eigenvalue weighted by atomic mass is 16.5. The second-order valence-corrected chi connectivity index (χ2v) is 6.02. The van der Waals surface area contributed by atoms with Gasteiger partial charge in [0.05, 0.1) is 6.61 Å². The number of guanidine groups is 1. The summed E-state index contributed by atoms with van der Waals surface area (Å²) in [6, 6.07) is 8.79. The van der Waals surface area contributed by atoms with Crippen LogP contribution in [-0.2, 0) is 17.7 Å². The molecule has 1 aliphatic carbocycles. The first kappa shape index (κ1) is 16.8. The second kappa shape index (κ2) is 8.79. The summed E-state index contributed by atoms with van der Waals surface area (Å²) < 4.78 is 5.64. The number of aryl methyl sites for hydroxylation is 1. The monoisotopic (exact) mass is 303 g/mol. The minimum absolute atomic E-state index is 0.745. The fourth-order valence-corrected chi connectivity index (χ4v) is 2.38. The molecular formula is C18H29N3O. The van der Waals surface area contributed by atoms with E-state index in [0.717, 1.165) is 44.6 Å². The van der Waals surface area contributed by atoms with Crippen LogP contribution in [0.3, 0.4) is 0 Å². The van der Waals surface area contributed by atoms with Gasteiger partial charge in [-0.3, -0.25) is 4.99 Å². The number of benzene rings is 1. The van der Waals surface area contributed by atoms with Crippen molar-refractivity contribution < 1.29 is 4.74 Å². The third-order valence-electron chi connectivity index (χ3n) is 4.00. The van der Waals surface area contributed by atoms with Crippen molar-refractivity contribution in [3.8, 4) is 0 Å². The van der Waals surface area contributed by atoms with E-state index in [9.17, 15) is 0 Å². The van der Waals surface area contributed by atoms with Gasteiger partial charge in [-0.2, -0.15) is 0 Å². The molecule has 0 amide bonds. The summed E-state index contributed by atoms with van der Waals surface area (Å²) >= 11 is 0. The Morgan fingerprint density at radius 1 is 1.27 bits per heavy atom. The summed E-state index contributed by atoms with van der Waals surface area (Å²) in [5, 5.41) is 3.36. The number of nitrogens with zero attached hydrogens (tertiary/aromatic N) is 2. The van der Waals surface area contributed by atoms with Gasteiger partial charge >= 0.3 is 0 Å². The maximum atomic E-state index is 5.64. The molecular weight excluding hydrogens is 274 g/mol. The lowest BCUT2D eigenvalue weighted by atomic mass is 10.1. The van der Waals surface area contributed by atoms with Crippen molar-refractivity contribution in [2.75, 3.05) is 33.9 Å². The molecule has 0 bridgehead atoms. The van der Waals surface area contributed by atoms with E-state index in [1.807, 2.05) is 7.05 Å². The van der Waals surface area contributed by atoms with Crippen molar-refractivity contribution in [2.45, 2.75) is 32.7 Å². The molecule has 1 aliphatic rings. The molecule has 0 spiro atoms. The van der Waals surface area contributed by atoms with Crippen LogP contribution in [0.25, 0.3) is 0 Å². The molecule has 122 valence electrons. The first-order valence-electron chi connectivity index (χ1n) is 8.30. The Bertz CT molecular complexity index is 466. The van der Waals surface area contributed by atoms with Crippen LogP contribution in [0.5, 0.6) is 0 Å². The van der Waals surface area contributed by atoms with Gasteiger partial charge in [0, 0.05) is 33.8 Å². The lowest BCUT2D eigenvalue weighted by Gasteiger charge is -2.22. The third kappa shape index (κ3) is 5.68. The third-order valence-corrected chi connectivity index (χ3v) is 4.00. The topological polar surface area (TPSA) is 36.9 Å². The van der Waals surface area contributed by atoms with Gasteiger partial charge in [0.15, 0.2) is 5.96 Å². The minimum Gasteiger partial charge on any atom is -0.379 e. The molecule has 1 aromatic carbocycles. The Labute approximate surface area is 134 Å².